The fourth-order valence-electron chi connectivity index (χ4n) is 2.84. The summed E-state index contributed by atoms with van der Waals surface area (Å²) in [6, 6.07) is 14.1. The van der Waals surface area contributed by atoms with E-state index >= 15 is 0 Å². The van der Waals surface area contributed by atoms with E-state index in [1.54, 1.807) is 41.7 Å². The van der Waals surface area contributed by atoms with Gasteiger partial charge in [0.05, 0.1) is 16.0 Å². The van der Waals surface area contributed by atoms with Gasteiger partial charge in [-0.15, -0.1) is 11.3 Å². The first kappa shape index (κ1) is 22.9. The number of nitrogens with zero attached hydrogens (tertiary/aromatic N) is 2. The average Bonchev–Trinajstić information content (AvgIpc) is 3.17. The Kier molecular flexibility index (Phi) is 7.41. The van der Waals surface area contributed by atoms with Gasteiger partial charge in [-0.25, -0.2) is 17.7 Å². The molecule has 0 saturated carbocycles. The van der Waals surface area contributed by atoms with Crippen molar-refractivity contribution in [2.75, 3.05) is 13.7 Å². The molecule has 0 amide bonds. The molecule has 2 aromatic carbocycles. The Morgan fingerprint density at radius 3 is 2.71 bits per heavy atom. The topological polar surface area (TPSA) is 90.6 Å². The fraction of sp³-hybridized carbons (Fsp3) is 0.143. The predicted octanol–water partition coefficient (Wildman–Crippen LogP) is 4.70. The van der Waals surface area contributed by atoms with Crippen LogP contribution in [0.1, 0.15) is 11.1 Å². The van der Waals surface area contributed by atoms with Gasteiger partial charge in [-0.3, -0.25) is 0 Å². The van der Waals surface area contributed by atoms with Gasteiger partial charge in [-0.05, 0) is 53.6 Å². The SMILES string of the molecule is CN(Cc1ccc(OCC(=O)O)c(-c2cc(F)cc(C#N)c2)c1)S(=O)c1ccc(Cl)s1. The van der Waals surface area contributed by atoms with Crippen LogP contribution in [-0.4, -0.2) is 33.2 Å². The first-order chi connectivity index (χ1) is 14.8. The summed E-state index contributed by atoms with van der Waals surface area (Å²) >= 11 is 7.15. The minimum Gasteiger partial charge on any atom is -0.481 e. The van der Waals surface area contributed by atoms with Crippen LogP contribution >= 0.6 is 22.9 Å². The van der Waals surface area contributed by atoms with Crippen molar-refractivity contribution in [1.82, 2.24) is 4.31 Å². The Morgan fingerprint density at radius 2 is 2.06 bits per heavy atom. The molecule has 0 aliphatic heterocycles. The zero-order chi connectivity index (χ0) is 22.5. The van der Waals surface area contributed by atoms with E-state index in [1.165, 1.54) is 23.5 Å². The number of nitriles is 1. The Labute approximate surface area is 189 Å². The molecule has 1 aromatic heterocycles. The number of carbonyl (C=O) groups is 1. The highest BCUT2D eigenvalue weighted by Gasteiger charge is 2.16. The van der Waals surface area contributed by atoms with E-state index in [9.17, 15) is 13.4 Å². The fourth-order valence-corrected chi connectivity index (χ4v) is 5.45. The van der Waals surface area contributed by atoms with Gasteiger partial charge in [0.15, 0.2) is 6.61 Å². The Balaban J connectivity index is 1.95. The van der Waals surface area contributed by atoms with Crippen molar-refractivity contribution in [3.8, 4) is 22.9 Å². The van der Waals surface area contributed by atoms with E-state index in [-0.39, 0.29) is 17.9 Å². The van der Waals surface area contributed by atoms with E-state index in [4.69, 9.17) is 26.7 Å². The summed E-state index contributed by atoms with van der Waals surface area (Å²) in [7, 11) is 0.261. The van der Waals surface area contributed by atoms with Gasteiger partial charge in [0.2, 0.25) is 0 Å². The van der Waals surface area contributed by atoms with E-state index in [2.05, 4.69) is 0 Å². The molecule has 1 heterocycles. The number of carboxylic acids is 1. The van der Waals surface area contributed by atoms with Crippen molar-refractivity contribution in [3.63, 3.8) is 0 Å². The molecule has 10 heteroatoms. The summed E-state index contributed by atoms with van der Waals surface area (Å²) in [4.78, 5) is 10.9. The molecule has 0 bridgehead atoms. The van der Waals surface area contributed by atoms with Crippen LogP contribution in [0, 0.1) is 17.1 Å². The molecule has 6 nitrogen and oxygen atoms in total. The number of carboxylic acid groups (broad SMARTS) is 1. The first-order valence-corrected chi connectivity index (χ1v) is 11.1. The molecule has 0 fully saturated rings. The lowest BCUT2D eigenvalue weighted by molar-refractivity contribution is -0.139. The molecular weight excluding hydrogens is 463 g/mol. The molecule has 0 spiro atoms. The molecule has 0 radical (unpaired) electrons. The number of halogens is 2. The van der Waals surface area contributed by atoms with Crippen molar-refractivity contribution in [2.24, 2.45) is 0 Å². The monoisotopic (exact) mass is 478 g/mol. The Morgan fingerprint density at radius 1 is 1.29 bits per heavy atom. The van der Waals surface area contributed by atoms with Gasteiger partial charge in [0.1, 0.15) is 26.8 Å². The normalized spacial score (nSPS) is 11.8. The van der Waals surface area contributed by atoms with Crippen LogP contribution in [-0.2, 0) is 22.3 Å². The van der Waals surface area contributed by atoms with Crippen molar-refractivity contribution < 1.29 is 23.2 Å². The Hall–Kier alpha value is -2.77. The summed E-state index contributed by atoms with van der Waals surface area (Å²) < 4.78 is 34.8. The number of aliphatic carboxylic acids is 1. The number of ether oxygens (including phenoxy) is 1. The summed E-state index contributed by atoms with van der Waals surface area (Å²) in [5, 5.41) is 18.1. The second-order valence-electron chi connectivity index (χ2n) is 6.45. The molecule has 1 unspecified atom stereocenters. The van der Waals surface area contributed by atoms with Crippen LogP contribution in [0.15, 0.2) is 52.7 Å². The van der Waals surface area contributed by atoms with E-state index in [1.807, 2.05) is 6.07 Å². The number of benzene rings is 2. The number of hydrogen-bond acceptors (Lipinski definition) is 5. The van der Waals surface area contributed by atoms with Crippen molar-refractivity contribution >= 4 is 39.9 Å². The molecule has 0 aliphatic carbocycles. The van der Waals surface area contributed by atoms with Crippen LogP contribution < -0.4 is 4.74 Å². The molecule has 1 atom stereocenters. The van der Waals surface area contributed by atoms with Crippen LogP contribution in [0.4, 0.5) is 4.39 Å². The molecule has 3 aromatic rings. The van der Waals surface area contributed by atoms with Crippen molar-refractivity contribution in [3.05, 3.63) is 69.8 Å². The quantitative estimate of drug-likeness (QED) is 0.507. The maximum absolute atomic E-state index is 14.0. The standard InChI is InChI=1S/C21H16ClFN2O4S2/c1-25(31(28)21-5-4-19(22)30-21)11-13-2-3-18(29-12-20(26)27)17(8-13)15-6-14(10-24)7-16(23)9-15/h2-9H,11-12H2,1H3,(H,26,27). The first-order valence-electron chi connectivity index (χ1n) is 8.84. The van der Waals surface area contributed by atoms with E-state index in [0.717, 1.165) is 11.6 Å². The van der Waals surface area contributed by atoms with Gasteiger partial charge in [0.25, 0.3) is 0 Å². The molecule has 0 aliphatic rings. The third-order valence-electron chi connectivity index (χ3n) is 4.14. The maximum Gasteiger partial charge on any atom is 0.341 e. The van der Waals surface area contributed by atoms with Crippen LogP contribution in [0.2, 0.25) is 4.34 Å². The maximum atomic E-state index is 14.0. The van der Waals surface area contributed by atoms with E-state index in [0.29, 0.717) is 19.7 Å². The largest absolute Gasteiger partial charge is 0.481 e. The lowest BCUT2D eigenvalue weighted by atomic mass is 10.00. The molecule has 31 heavy (non-hydrogen) atoms. The number of thiophene rings is 1. The van der Waals surface area contributed by atoms with Crippen LogP contribution in [0.5, 0.6) is 5.75 Å². The highest BCUT2D eigenvalue weighted by Crippen LogP contribution is 2.33. The molecular formula is C21H16ClFN2O4S2. The highest BCUT2D eigenvalue weighted by atomic mass is 35.5. The summed E-state index contributed by atoms with van der Waals surface area (Å²) in [5.74, 6) is -1.53. The zero-order valence-electron chi connectivity index (χ0n) is 16.2. The lowest BCUT2D eigenvalue weighted by Crippen LogP contribution is -2.20. The van der Waals surface area contributed by atoms with Gasteiger partial charge >= 0.3 is 5.97 Å². The summed E-state index contributed by atoms with van der Waals surface area (Å²) in [6.07, 6.45) is 0. The lowest BCUT2D eigenvalue weighted by Gasteiger charge is -2.17. The molecule has 160 valence electrons. The summed E-state index contributed by atoms with van der Waals surface area (Å²) in [5.41, 5.74) is 1.65. The highest BCUT2D eigenvalue weighted by molar-refractivity contribution is 7.85. The predicted molar refractivity (Wildman–Crippen MR) is 117 cm³/mol. The molecule has 1 N–H and O–H groups in total. The molecule has 3 rings (SSSR count). The average molecular weight is 479 g/mol. The summed E-state index contributed by atoms with van der Waals surface area (Å²) in [6.45, 7) is -0.287. The van der Waals surface area contributed by atoms with Gasteiger partial charge in [-0.1, -0.05) is 17.7 Å². The van der Waals surface area contributed by atoms with E-state index < -0.39 is 29.4 Å². The minimum atomic E-state index is -1.43. The number of hydrogen-bond donors (Lipinski definition) is 1. The van der Waals surface area contributed by atoms with Gasteiger partial charge < -0.3 is 9.84 Å². The number of rotatable bonds is 8. The Bertz CT molecular complexity index is 1190. The minimum absolute atomic E-state index is 0.123. The van der Waals surface area contributed by atoms with Gasteiger partial charge in [0, 0.05) is 19.2 Å². The van der Waals surface area contributed by atoms with Crippen molar-refractivity contribution in [1.29, 1.82) is 5.26 Å². The van der Waals surface area contributed by atoms with Gasteiger partial charge in [-0.2, -0.15) is 5.26 Å². The second kappa shape index (κ2) is 10.0. The smallest absolute Gasteiger partial charge is 0.341 e. The second-order valence-corrected chi connectivity index (χ2v) is 9.98. The van der Waals surface area contributed by atoms with Crippen molar-refractivity contribution in [2.45, 2.75) is 10.8 Å². The van der Waals surface area contributed by atoms with Crippen LogP contribution in [0.3, 0.4) is 0 Å². The van der Waals surface area contributed by atoms with Crippen LogP contribution in [0.25, 0.3) is 11.1 Å². The third-order valence-corrected chi connectivity index (χ3v) is 7.02. The molecule has 0 saturated heterocycles. The third kappa shape index (κ3) is 5.89. The zero-order valence-corrected chi connectivity index (χ0v) is 18.6.